The zero-order valence-corrected chi connectivity index (χ0v) is 15.8. The van der Waals surface area contributed by atoms with Gasteiger partial charge in [-0.2, -0.15) is 0 Å². The Balaban J connectivity index is 1.44. The van der Waals surface area contributed by atoms with E-state index in [4.69, 9.17) is 4.74 Å². The fourth-order valence-electron chi connectivity index (χ4n) is 4.37. The molecule has 3 aromatic rings. The first-order chi connectivity index (χ1) is 13.8. The molecular formula is C21H24FN5O. The Kier molecular flexibility index (Phi) is 4.60. The molecule has 0 bridgehead atoms. The third kappa shape index (κ3) is 3.20. The zero-order valence-electron chi connectivity index (χ0n) is 15.8. The average molecular weight is 381 g/mol. The summed E-state index contributed by atoms with van der Waals surface area (Å²) < 4.78 is 21.4. The number of hydrogen-bond acceptors (Lipinski definition) is 5. The number of halogens is 1. The van der Waals surface area contributed by atoms with Gasteiger partial charge in [-0.1, -0.05) is 6.07 Å². The van der Waals surface area contributed by atoms with Crippen LogP contribution in [-0.2, 0) is 4.74 Å². The molecule has 4 heterocycles. The monoisotopic (exact) mass is 381 g/mol. The van der Waals surface area contributed by atoms with Gasteiger partial charge in [-0.15, -0.1) is 0 Å². The van der Waals surface area contributed by atoms with Crippen LogP contribution in [-0.4, -0.2) is 53.9 Å². The van der Waals surface area contributed by atoms with Gasteiger partial charge in [-0.3, -0.25) is 0 Å². The second kappa shape index (κ2) is 7.39. The molecule has 2 aliphatic rings. The minimum Gasteiger partial charge on any atom is -0.378 e. The van der Waals surface area contributed by atoms with Crippen LogP contribution in [0.5, 0.6) is 0 Å². The van der Waals surface area contributed by atoms with Gasteiger partial charge in [0.2, 0.25) is 0 Å². The summed E-state index contributed by atoms with van der Waals surface area (Å²) in [7, 11) is 0. The minimum atomic E-state index is -0.186. The van der Waals surface area contributed by atoms with E-state index in [1.807, 2.05) is 6.07 Å². The van der Waals surface area contributed by atoms with Crippen molar-refractivity contribution in [3.05, 3.63) is 48.7 Å². The molecule has 6 nitrogen and oxygen atoms in total. The van der Waals surface area contributed by atoms with Gasteiger partial charge in [0.1, 0.15) is 23.6 Å². The van der Waals surface area contributed by atoms with Crippen molar-refractivity contribution in [1.29, 1.82) is 0 Å². The minimum absolute atomic E-state index is 0.186. The van der Waals surface area contributed by atoms with Crippen molar-refractivity contribution in [2.75, 3.05) is 49.2 Å². The van der Waals surface area contributed by atoms with Crippen LogP contribution in [0.4, 0.5) is 15.9 Å². The molecule has 0 spiro atoms. The largest absolute Gasteiger partial charge is 0.378 e. The van der Waals surface area contributed by atoms with Crippen LogP contribution >= 0.6 is 0 Å². The van der Waals surface area contributed by atoms with Gasteiger partial charge >= 0.3 is 0 Å². The number of anilines is 2. The summed E-state index contributed by atoms with van der Waals surface area (Å²) in [5.41, 5.74) is 1.92. The molecular weight excluding hydrogens is 357 g/mol. The lowest BCUT2D eigenvalue weighted by Crippen LogP contribution is -2.37. The van der Waals surface area contributed by atoms with Crippen LogP contribution < -0.4 is 9.80 Å². The summed E-state index contributed by atoms with van der Waals surface area (Å²) >= 11 is 0. The number of nitrogens with zero attached hydrogens (tertiary/aromatic N) is 5. The summed E-state index contributed by atoms with van der Waals surface area (Å²) in [4.78, 5) is 13.7. The van der Waals surface area contributed by atoms with Crippen LogP contribution in [0.3, 0.4) is 0 Å². The summed E-state index contributed by atoms with van der Waals surface area (Å²) in [6, 6.07) is 9.31. The van der Waals surface area contributed by atoms with E-state index in [1.54, 1.807) is 18.5 Å². The Labute approximate surface area is 163 Å². The van der Waals surface area contributed by atoms with Crippen molar-refractivity contribution in [1.82, 2.24) is 14.5 Å². The third-order valence-electron chi connectivity index (χ3n) is 5.76. The van der Waals surface area contributed by atoms with Crippen LogP contribution in [0.25, 0.3) is 11.0 Å². The van der Waals surface area contributed by atoms with Crippen molar-refractivity contribution in [2.24, 2.45) is 0 Å². The molecule has 0 radical (unpaired) electrons. The molecule has 2 aromatic heterocycles. The highest BCUT2D eigenvalue weighted by atomic mass is 19.1. The Hall–Kier alpha value is -2.67. The standard InChI is InChI=1S/C21H24FN5O/c22-16-3-1-4-17(13-16)26-7-2-5-18(14-26)27-8-6-19-20(23-15-24-21(19)27)25-9-11-28-12-10-25/h1,3-4,6,8,13,15,18H,2,5,7,9-12,14H2/t18-/m1/s1. The highest BCUT2D eigenvalue weighted by Gasteiger charge is 2.24. The maximum atomic E-state index is 13.7. The smallest absolute Gasteiger partial charge is 0.145 e. The summed E-state index contributed by atoms with van der Waals surface area (Å²) in [5.74, 6) is 0.804. The van der Waals surface area contributed by atoms with Crippen LogP contribution in [0, 0.1) is 5.82 Å². The van der Waals surface area contributed by atoms with E-state index in [0.717, 1.165) is 74.8 Å². The van der Waals surface area contributed by atoms with Crippen molar-refractivity contribution < 1.29 is 9.13 Å². The number of aromatic nitrogens is 3. The van der Waals surface area contributed by atoms with Gasteiger partial charge in [-0.25, -0.2) is 14.4 Å². The molecule has 0 saturated carbocycles. The predicted octanol–water partition coefficient (Wildman–Crippen LogP) is 3.25. The maximum Gasteiger partial charge on any atom is 0.145 e. The van der Waals surface area contributed by atoms with Crippen LogP contribution in [0.15, 0.2) is 42.9 Å². The number of ether oxygens (including phenoxy) is 1. The van der Waals surface area contributed by atoms with Gasteiger partial charge < -0.3 is 19.1 Å². The van der Waals surface area contributed by atoms with Gasteiger partial charge in [0.15, 0.2) is 0 Å². The van der Waals surface area contributed by atoms with E-state index in [9.17, 15) is 4.39 Å². The molecule has 146 valence electrons. The van der Waals surface area contributed by atoms with Crippen LogP contribution in [0.2, 0.25) is 0 Å². The summed E-state index contributed by atoms with van der Waals surface area (Å²) in [5, 5.41) is 1.09. The molecule has 2 saturated heterocycles. The zero-order chi connectivity index (χ0) is 18.9. The lowest BCUT2D eigenvalue weighted by Gasteiger charge is -2.35. The quantitative estimate of drug-likeness (QED) is 0.697. The van der Waals surface area contributed by atoms with Gasteiger partial charge in [0.25, 0.3) is 0 Å². The number of fused-ring (bicyclic) bond motifs is 1. The van der Waals surface area contributed by atoms with E-state index in [0.29, 0.717) is 6.04 Å². The third-order valence-corrected chi connectivity index (χ3v) is 5.76. The SMILES string of the molecule is Fc1cccc(N2CCC[C@@H](n3ccc4c(N5CCOCC5)ncnc43)C2)c1. The molecule has 7 heteroatoms. The van der Waals surface area contributed by atoms with E-state index in [-0.39, 0.29) is 5.82 Å². The Morgan fingerprint density at radius 2 is 1.93 bits per heavy atom. The molecule has 0 amide bonds. The van der Waals surface area contributed by atoms with E-state index < -0.39 is 0 Å². The molecule has 2 aliphatic heterocycles. The predicted molar refractivity (Wildman–Crippen MR) is 107 cm³/mol. The fourth-order valence-corrected chi connectivity index (χ4v) is 4.37. The number of hydrogen-bond donors (Lipinski definition) is 0. The number of morpholine rings is 1. The Bertz CT molecular complexity index is 968. The first kappa shape index (κ1) is 17.4. The van der Waals surface area contributed by atoms with Gasteiger partial charge in [0, 0.05) is 38.1 Å². The van der Waals surface area contributed by atoms with Gasteiger partial charge in [0.05, 0.1) is 24.6 Å². The molecule has 1 aromatic carbocycles. The average Bonchev–Trinajstić information content (AvgIpc) is 3.19. The molecule has 0 N–H and O–H groups in total. The molecule has 5 rings (SSSR count). The van der Waals surface area contributed by atoms with Crippen molar-refractivity contribution in [3.63, 3.8) is 0 Å². The highest BCUT2D eigenvalue weighted by molar-refractivity contribution is 5.88. The van der Waals surface area contributed by atoms with Crippen molar-refractivity contribution in [2.45, 2.75) is 18.9 Å². The number of rotatable bonds is 3. The second-order valence-electron chi connectivity index (χ2n) is 7.48. The van der Waals surface area contributed by atoms with E-state index >= 15 is 0 Å². The van der Waals surface area contributed by atoms with Gasteiger partial charge in [-0.05, 0) is 37.1 Å². The topological polar surface area (TPSA) is 46.4 Å². The first-order valence-corrected chi connectivity index (χ1v) is 9.94. The second-order valence-corrected chi connectivity index (χ2v) is 7.48. The van der Waals surface area contributed by atoms with E-state index in [1.165, 1.54) is 6.07 Å². The highest BCUT2D eigenvalue weighted by Crippen LogP contribution is 2.31. The maximum absolute atomic E-state index is 13.7. The van der Waals surface area contributed by atoms with E-state index in [2.05, 4.69) is 36.6 Å². The lowest BCUT2D eigenvalue weighted by molar-refractivity contribution is 0.122. The molecule has 1 atom stereocenters. The normalized spacial score (nSPS) is 20.7. The molecule has 28 heavy (non-hydrogen) atoms. The number of piperidine rings is 1. The summed E-state index contributed by atoms with van der Waals surface area (Å²) in [6.45, 7) is 4.98. The molecule has 2 fully saturated rings. The Morgan fingerprint density at radius 3 is 2.79 bits per heavy atom. The fraction of sp³-hybridized carbons (Fsp3) is 0.429. The molecule has 0 aliphatic carbocycles. The lowest BCUT2D eigenvalue weighted by atomic mass is 10.0. The summed E-state index contributed by atoms with van der Waals surface area (Å²) in [6.07, 6.45) is 5.95. The van der Waals surface area contributed by atoms with Crippen LogP contribution in [0.1, 0.15) is 18.9 Å². The van der Waals surface area contributed by atoms with Crippen molar-refractivity contribution in [3.8, 4) is 0 Å². The first-order valence-electron chi connectivity index (χ1n) is 9.94. The molecule has 0 unspecified atom stereocenters. The van der Waals surface area contributed by atoms with Crippen molar-refractivity contribution >= 4 is 22.5 Å². The Morgan fingerprint density at radius 1 is 1.04 bits per heavy atom. The number of benzene rings is 1.